The van der Waals surface area contributed by atoms with Crippen molar-refractivity contribution in [3.8, 4) is 40.5 Å². The first-order valence-corrected chi connectivity index (χ1v) is 13.7. The molecule has 43 heavy (non-hydrogen) atoms. The average molecular weight is 567 g/mol. The van der Waals surface area contributed by atoms with Gasteiger partial charge in [-0.3, -0.25) is 9.59 Å². The molecule has 2 amide bonds. The van der Waals surface area contributed by atoms with Gasteiger partial charge >= 0.3 is 0 Å². The van der Waals surface area contributed by atoms with Gasteiger partial charge in [-0.05, 0) is 64.2 Å². The molecule has 0 aliphatic carbocycles. The monoisotopic (exact) mass is 566 g/mol. The van der Waals surface area contributed by atoms with Gasteiger partial charge < -0.3 is 20.2 Å². The van der Waals surface area contributed by atoms with Gasteiger partial charge in [-0.15, -0.1) is 12.3 Å². The number of rotatable bonds is 9. The highest BCUT2D eigenvalue weighted by Crippen LogP contribution is 2.36. The van der Waals surface area contributed by atoms with Gasteiger partial charge in [0.2, 0.25) is 0 Å². The Morgan fingerprint density at radius 1 is 0.930 bits per heavy atom. The first-order chi connectivity index (χ1) is 20.9. The van der Waals surface area contributed by atoms with Gasteiger partial charge in [0.1, 0.15) is 17.1 Å². The van der Waals surface area contributed by atoms with E-state index in [0.717, 1.165) is 33.4 Å². The molecule has 0 radical (unpaired) electrons. The summed E-state index contributed by atoms with van der Waals surface area (Å²) in [6.45, 7) is 3.92. The van der Waals surface area contributed by atoms with Crippen molar-refractivity contribution in [3.63, 3.8) is 0 Å². The third kappa shape index (κ3) is 6.27. The number of carbonyl (C=O) groups excluding carboxylic acids is 2. The summed E-state index contributed by atoms with van der Waals surface area (Å²) in [5, 5.41) is 16.2. The number of terminal acetylenes is 1. The maximum Gasteiger partial charge on any atom is 0.255 e. The normalized spacial score (nSPS) is 10.9. The van der Waals surface area contributed by atoms with Crippen molar-refractivity contribution in [1.82, 2.24) is 10.6 Å². The minimum absolute atomic E-state index is 0.110. The van der Waals surface area contributed by atoms with E-state index in [1.807, 2.05) is 66.7 Å². The molecular formula is C37H30N2O4. The smallest absolute Gasteiger partial charge is 0.255 e. The Kier molecular flexibility index (Phi) is 8.55. The van der Waals surface area contributed by atoms with Crippen molar-refractivity contribution in [1.29, 1.82) is 0 Å². The molecule has 1 heterocycles. The van der Waals surface area contributed by atoms with Crippen molar-refractivity contribution in [2.75, 3.05) is 7.05 Å². The molecule has 1 aromatic heterocycles. The summed E-state index contributed by atoms with van der Waals surface area (Å²) in [4.78, 5) is 26.2. The second kappa shape index (κ2) is 12.8. The lowest BCUT2D eigenvalue weighted by molar-refractivity contribution is 0.0947. The molecule has 0 saturated carbocycles. The highest BCUT2D eigenvalue weighted by molar-refractivity contribution is 6.12. The van der Waals surface area contributed by atoms with Crippen LogP contribution in [-0.4, -0.2) is 24.0 Å². The van der Waals surface area contributed by atoms with Crippen molar-refractivity contribution in [2.24, 2.45) is 0 Å². The first kappa shape index (κ1) is 28.7. The zero-order valence-electron chi connectivity index (χ0n) is 23.7. The number of hydrogen-bond acceptors (Lipinski definition) is 4. The van der Waals surface area contributed by atoms with Gasteiger partial charge in [-0.1, -0.05) is 73.3 Å². The van der Waals surface area contributed by atoms with Crippen LogP contribution in [0.15, 0.2) is 108 Å². The molecule has 0 bridgehead atoms. The number of amides is 2. The van der Waals surface area contributed by atoms with Gasteiger partial charge in [0.05, 0.1) is 5.56 Å². The number of benzene rings is 4. The van der Waals surface area contributed by atoms with Gasteiger partial charge in [0, 0.05) is 36.5 Å². The third-order valence-electron chi connectivity index (χ3n) is 7.12. The molecule has 4 aromatic carbocycles. The van der Waals surface area contributed by atoms with E-state index in [2.05, 4.69) is 23.1 Å². The van der Waals surface area contributed by atoms with Crippen LogP contribution in [0.5, 0.6) is 5.75 Å². The van der Waals surface area contributed by atoms with Crippen molar-refractivity contribution < 1.29 is 19.1 Å². The molecule has 0 aliphatic heterocycles. The fourth-order valence-corrected chi connectivity index (χ4v) is 4.93. The molecule has 0 spiro atoms. The molecule has 3 N–H and O–H groups in total. The van der Waals surface area contributed by atoms with Crippen LogP contribution >= 0.6 is 0 Å². The quantitative estimate of drug-likeness (QED) is 0.131. The molecular weight excluding hydrogens is 536 g/mol. The molecule has 5 rings (SSSR count). The topological polar surface area (TPSA) is 91.6 Å². The zero-order valence-corrected chi connectivity index (χ0v) is 23.7. The summed E-state index contributed by atoms with van der Waals surface area (Å²) in [6, 6.07) is 25.6. The van der Waals surface area contributed by atoms with Crippen LogP contribution in [0.2, 0.25) is 0 Å². The number of nitrogens with one attached hydrogen (secondary N) is 2. The Labute approximate surface area is 250 Å². The maximum atomic E-state index is 13.1. The SMILES string of the molecule is C#CCc1ccc(O)cc1CNC(=O)c1cccc(-c2ccc3oc(-c4ccc(/C=C/C=C)cc4)c(C(=O)NC)c3c2)c1. The lowest BCUT2D eigenvalue weighted by atomic mass is 9.98. The minimum Gasteiger partial charge on any atom is -0.508 e. The molecule has 6 nitrogen and oxygen atoms in total. The van der Waals surface area contributed by atoms with Crippen LogP contribution in [-0.2, 0) is 13.0 Å². The van der Waals surface area contributed by atoms with Gasteiger partial charge in [-0.25, -0.2) is 0 Å². The standard InChI is InChI=1S/C37H30N2O4/c1-4-6-9-24-12-14-26(15-13-24)35-34(37(42)38-3)32-22-28(17-19-33(32)43-35)27-10-7-11-29(20-27)36(41)39-23-30-21-31(40)18-16-25(30)8-5-2/h2,4,6-7,9-22,40H,1,8,23H2,3H3,(H,38,42)(H,39,41)/b9-6+. The minimum atomic E-state index is -0.263. The van der Waals surface area contributed by atoms with E-state index in [0.29, 0.717) is 34.3 Å². The fourth-order valence-electron chi connectivity index (χ4n) is 4.93. The van der Waals surface area contributed by atoms with E-state index in [1.54, 1.807) is 43.5 Å². The molecule has 6 heteroatoms. The number of furan rings is 1. The Balaban J connectivity index is 1.45. The van der Waals surface area contributed by atoms with Crippen LogP contribution in [0.1, 0.15) is 37.4 Å². The predicted octanol–water partition coefficient (Wildman–Crippen LogP) is 7.14. The Bertz CT molecular complexity index is 1910. The van der Waals surface area contributed by atoms with Crippen LogP contribution < -0.4 is 10.6 Å². The Morgan fingerprint density at radius 3 is 2.44 bits per heavy atom. The largest absolute Gasteiger partial charge is 0.508 e. The van der Waals surface area contributed by atoms with E-state index >= 15 is 0 Å². The lowest BCUT2D eigenvalue weighted by Gasteiger charge is -2.11. The summed E-state index contributed by atoms with van der Waals surface area (Å²) in [5.74, 6) is 2.67. The van der Waals surface area contributed by atoms with Gasteiger partial charge in [0.15, 0.2) is 0 Å². The average Bonchev–Trinajstić information content (AvgIpc) is 3.42. The lowest BCUT2D eigenvalue weighted by Crippen LogP contribution is -2.23. The van der Waals surface area contributed by atoms with Gasteiger partial charge in [0.25, 0.3) is 11.8 Å². The summed E-state index contributed by atoms with van der Waals surface area (Å²) in [5.41, 5.74) is 6.54. The first-order valence-electron chi connectivity index (χ1n) is 13.7. The molecule has 0 atom stereocenters. The zero-order chi connectivity index (χ0) is 30.3. The second-order valence-corrected chi connectivity index (χ2v) is 9.91. The van der Waals surface area contributed by atoms with Crippen LogP contribution in [0.4, 0.5) is 0 Å². The summed E-state index contributed by atoms with van der Waals surface area (Å²) in [6.07, 6.45) is 11.4. The number of phenolic OH excluding ortho intramolecular Hbond substituents is 1. The van der Waals surface area contributed by atoms with Crippen LogP contribution in [0.25, 0.3) is 39.5 Å². The van der Waals surface area contributed by atoms with Crippen molar-refractivity contribution in [3.05, 3.63) is 131 Å². The summed E-state index contributed by atoms with van der Waals surface area (Å²) in [7, 11) is 1.59. The highest BCUT2D eigenvalue weighted by atomic mass is 16.3. The molecule has 0 unspecified atom stereocenters. The second-order valence-electron chi connectivity index (χ2n) is 9.91. The Hall–Kier alpha value is -5.80. The van der Waals surface area contributed by atoms with Crippen LogP contribution in [0, 0.1) is 12.3 Å². The summed E-state index contributed by atoms with van der Waals surface area (Å²) < 4.78 is 6.20. The van der Waals surface area contributed by atoms with Crippen LogP contribution in [0.3, 0.4) is 0 Å². The van der Waals surface area contributed by atoms with E-state index in [1.165, 1.54) is 0 Å². The molecule has 5 aromatic rings. The van der Waals surface area contributed by atoms with Crippen molar-refractivity contribution in [2.45, 2.75) is 13.0 Å². The van der Waals surface area contributed by atoms with Crippen molar-refractivity contribution >= 4 is 28.9 Å². The molecule has 212 valence electrons. The Morgan fingerprint density at radius 2 is 1.70 bits per heavy atom. The molecule has 0 saturated heterocycles. The maximum absolute atomic E-state index is 13.1. The number of carbonyl (C=O) groups is 2. The fraction of sp³-hybridized carbons (Fsp3) is 0.0811. The van der Waals surface area contributed by atoms with E-state index in [9.17, 15) is 14.7 Å². The van der Waals surface area contributed by atoms with E-state index < -0.39 is 0 Å². The number of phenols is 1. The van der Waals surface area contributed by atoms with Gasteiger partial charge in [-0.2, -0.15) is 0 Å². The third-order valence-corrected chi connectivity index (χ3v) is 7.12. The van der Waals surface area contributed by atoms with E-state index in [-0.39, 0.29) is 24.1 Å². The molecule has 0 aliphatic rings. The number of allylic oxidation sites excluding steroid dienone is 2. The number of aromatic hydroxyl groups is 1. The predicted molar refractivity (Wildman–Crippen MR) is 172 cm³/mol. The number of hydrogen-bond donors (Lipinski definition) is 3. The number of fused-ring (bicyclic) bond motifs is 1. The highest BCUT2D eigenvalue weighted by Gasteiger charge is 2.22. The van der Waals surface area contributed by atoms with E-state index in [4.69, 9.17) is 10.8 Å². The summed E-state index contributed by atoms with van der Waals surface area (Å²) >= 11 is 0. The molecule has 0 fully saturated rings.